The molecular weight excluding hydrogens is 186 g/mol. The van der Waals surface area contributed by atoms with Crippen molar-refractivity contribution in [3.05, 3.63) is 0 Å². The molecule has 1 rings (SSSR count). The van der Waals surface area contributed by atoms with Gasteiger partial charge >= 0.3 is 5.97 Å². The summed E-state index contributed by atoms with van der Waals surface area (Å²) in [5, 5.41) is 17.2. The summed E-state index contributed by atoms with van der Waals surface area (Å²) in [6, 6.07) is 0. The summed E-state index contributed by atoms with van der Waals surface area (Å²) < 4.78 is 5.10. The molecule has 0 saturated carbocycles. The van der Waals surface area contributed by atoms with Crippen LogP contribution in [0.15, 0.2) is 0 Å². The molecular formula is C9H17NO4. The lowest BCUT2D eigenvalue weighted by atomic mass is 10.1. The van der Waals surface area contributed by atoms with Gasteiger partial charge in [-0.25, -0.2) is 0 Å². The van der Waals surface area contributed by atoms with Gasteiger partial charge in [0.2, 0.25) is 0 Å². The second-order valence-electron chi connectivity index (χ2n) is 3.46. The lowest BCUT2D eigenvalue weighted by Gasteiger charge is -2.14. The first-order valence-electron chi connectivity index (χ1n) is 4.88. The van der Waals surface area contributed by atoms with E-state index >= 15 is 0 Å². The van der Waals surface area contributed by atoms with Crippen LogP contribution in [0.1, 0.15) is 6.42 Å². The lowest BCUT2D eigenvalue weighted by Crippen LogP contribution is -2.27. The van der Waals surface area contributed by atoms with Crippen molar-refractivity contribution in [2.24, 2.45) is 5.92 Å². The molecule has 0 spiro atoms. The average molecular weight is 203 g/mol. The second-order valence-corrected chi connectivity index (χ2v) is 3.46. The number of ether oxygens (including phenoxy) is 1. The Bertz CT molecular complexity index is 186. The highest BCUT2D eigenvalue weighted by Crippen LogP contribution is 2.15. The van der Waals surface area contributed by atoms with Gasteiger partial charge in [-0.3, -0.25) is 4.79 Å². The number of carboxylic acids is 1. The van der Waals surface area contributed by atoms with Crippen LogP contribution < -0.4 is 0 Å². The van der Waals surface area contributed by atoms with Crippen LogP contribution in [-0.2, 0) is 9.53 Å². The van der Waals surface area contributed by atoms with Gasteiger partial charge in [0.05, 0.1) is 25.7 Å². The van der Waals surface area contributed by atoms with Gasteiger partial charge in [0.1, 0.15) is 0 Å². The zero-order valence-corrected chi connectivity index (χ0v) is 8.19. The van der Waals surface area contributed by atoms with E-state index in [-0.39, 0.29) is 12.5 Å². The van der Waals surface area contributed by atoms with E-state index in [1.807, 2.05) is 0 Å². The van der Waals surface area contributed by atoms with E-state index in [0.29, 0.717) is 19.8 Å². The molecule has 1 atom stereocenters. The fourth-order valence-corrected chi connectivity index (χ4v) is 1.60. The van der Waals surface area contributed by atoms with Crippen molar-refractivity contribution in [1.29, 1.82) is 0 Å². The molecule has 14 heavy (non-hydrogen) atoms. The Kier molecular flexibility index (Phi) is 4.86. The molecule has 5 nitrogen and oxygen atoms in total. The van der Waals surface area contributed by atoms with Gasteiger partial charge in [-0.05, 0) is 13.0 Å². The third-order valence-corrected chi connectivity index (χ3v) is 2.41. The van der Waals surface area contributed by atoms with Gasteiger partial charge in [-0.2, -0.15) is 0 Å². The normalized spacial score (nSPS) is 22.8. The van der Waals surface area contributed by atoms with Gasteiger partial charge < -0.3 is 19.8 Å². The van der Waals surface area contributed by atoms with Crippen molar-refractivity contribution in [3.8, 4) is 0 Å². The summed E-state index contributed by atoms with van der Waals surface area (Å²) in [7, 11) is 0. The van der Waals surface area contributed by atoms with E-state index in [0.717, 1.165) is 19.5 Å². The number of aliphatic hydroxyl groups is 1. The maximum Gasteiger partial charge on any atom is 0.307 e. The number of hydrogen-bond acceptors (Lipinski definition) is 4. The molecule has 0 aromatic carbocycles. The van der Waals surface area contributed by atoms with Gasteiger partial charge in [0, 0.05) is 13.1 Å². The first-order chi connectivity index (χ1) is 6.74. The van der Waals surface area contributed by atoms with E-state index in [9.17, 15) is 4.79 Å². The molecule has 1 aliphatic rings. The Morgan fingerprint density at radius 1 is 1.50 bits per heavy atom. The van der Waals surface area contributed by atoms with Gasteiger partial charge in [0.15, 0.2) is 0 Å². The smallest absolute Gasteiger partial charge is 0.307 e. The van der Waals surface area contributed by atoms with Crippen molar-refractivity contribution in [1.82, 2.24) is 4.90 Å². The molecule has 0 radical (unpaired) electrons. The molecule has 0 aromatic rings. The van der Waals surface area contributed by atoms with E-state index in [2.05, 4.69) is 4.90 Å². The Balaban J connectivity index is 2.07. The molecule has 0 bridgehead atoms. The fourth-order valence-electron chi connectivity index (χ4n) is 1.60. The van der Waals surface area contributed by atoms with Crippen molar-refractivity contribution < 1.29 is 19.7 Å². The molecule has 1 aliphatic heterocycles. The molecule has 0 amide bonds. The lowest BCUT2D eigenvalue weighted by molar-refractivity contribution is -0.141. The average Bonchev–Trinajstić information content (AvgIpc) is 2.61. The van der Waals surface area contributed by atoms with Crippen LogP contribution >= 0.6 is 0 Å². The molecule has 0 aliphatic carbocycles. The summed E-state index contributed by atoms with van der Waals surface area (Å²) in [4.78, 5) is 12.7. The molecule has 1 unspecified atom stereocenters. The third kappa shape index (κ3) is 3.61. The summed E-state index contributed by atoms with van der Waals surface area (Å²) in [5.74, 6) is -0.920. The quantitative estimate of drug-likeness (QED) is 0.564. The number of carboxylic acid groups (broad SMARTS) is 1. The minimum Gasteiger partial charge on any atom is -0.481 e. The number of carbonyl (C=O) groups is 1. The first-order valence-corrected chi connectivity index (χ1v) is 4.88. The van der Waals surface area contributed by atoms with E-state index in [1.54, 1.807) is 0 Å². The van der Waals surface area contributed by atoms with Crippen LogP contribution in [0, 0.1) is 5.92 Å². The standard InChI is InChI=1S/C9H17NO4/c11-4-6-14-5-3-10-2-1-8(7-10)9(12)13/h8,11H,1-7H2,(H,12,13). The Morgan fingerprint density at radius 2 is 2.29 bits per heavy atom. The molecule has 2 N–H and O–H groups in total. The number of rotatable bonds is 6. The molecule has 1 saturated heterocycles. The van der Waals surface area contributed by atoms with Gasteiger partial charge in [-0.15, -0.1) is 0 Å². The molecule has 0 aromatic heterocycles. The second kappa shape index (κ2) is 5.95. The highest BCUT2D eigenvalue weighted by atomic mass is 16.5. The topological polar surface area (TPSA) is 70.0 Å². The number of aliphatic carboxylic acids is 1. The number of nitrogens with zero attached hydrogens (tertiary/aromatic N) is 1. The minimum atomic E-state index is -0.705. The van der Waals surface area contributed by atoms with E-state index in [1.165, 1.54) is 0 Å². The summed E-state index contributed by atoms with van der Waals surface area (Å²) in [6.07, 6.45) is 0.731. The predicted molar refractivity (Wildman–Crippen MR) is 50.1 cm³/mol. The maximum absolute atomic E-state index is 10.6. The van der Waals surface area contributed by atoms with E-state index < -0.39 is 5.97 Å². The van der Waals surface area contributed by atoms with Crippen LogP contribution in [0.5, 0.6) is 0 Å². The zero-order chi connectivity index (χ0) is 10.4. The van der Waals surface area contributed by atoms with Crippen LogP contribution in [0.4, 0.5) is 0 Å². The van der Waals surface area contributed by atoms with Crippen LogP contribution in [0.3, 0.4) is 0 Å². The molecule has 1 heterocycles. The summed E-state index contributed by atoms with van der Waals surface area (Å²) in [6.45, 7) is 3.17. The number of likely N-dealkylation sites (tertiary alicyclic amines) is 1. The summed E-state index contributed by atoms with van der Waals surface area (Å²) in [5.41, 5.74) is 0. The van der Waals surface area contributed by atoms with Crippen LogP contribution in [0.2, 0.25) is 0 Å². The van der Waals surface area contributed by atoms with E-state index in [4.69, 9.17) is 14.9 Å². The highest BCUT2D eigenvalue weighted by Gasteiger charge is 2.27. The maximum atomic E-state index is 10.6. The molecule has 5 heteroatoms. The number of aliphatic hydroxyl groups excluding tert-OH is 1. The van der Waals surface area contributed by atoms with Crippen LogP contribution in [-0.4, -0.2) is 60.5 Å². The largest absolute Gasteiger partial charge is 0.481 e. The summed E-state index contributed by atoms with van der Waals surface area (Å²) >= 11 is 0. The fraction of sp³-hybridized carbons (Fsp3) is 0.889. The first kappa shape index (κ1) is 11.4. The van der Waals surface area contributed by atoms with Gasteiger partial charge in [0.25, 0.3) is 0 Å². The van der Waals surface area contributed by atoms with Crippen molar-refractivity contribution in [3.63, 3.8) is 0 Å². The van der Waals surface area contributed by atoms with Crippen molar-refractivity contribution >= 4 is 5.97 Å². The Morgan fingerprint density at radius 3 is 2.86 bits per heavy atom. The van der Waals surface area contributed by atoms with Crippen LogP contribution in [0.25, 0.3) is 0 Å². The van der Waals surface area contributed by atoms with Crippen molar-refractivity contribution in [2.45, 2.75) is 6.42 Å². The SMILES string of the molecule is O=C(O)C1CCN(CCOCCO)C1. The Labute approximate surface area is 83.3 Å². The Hall–Kier alpha value is -0.650. The predicted octanol–water partition coefficient (Wildman–Crippen LogP) is -0.598. The third-order valence-electron chi connectivity index (χ3n) is 2.41. The highest BCUT2D eigenvalue weighted by molar-refractivity contribution is 5.70. The van der Waals surface area contributed by atoms with Crippen molar-refractivity contribution in [2.75, 3.05) is 39.5 Å². The number of hydrogen-bond donors (Lipinski definition) is 2. The molecule has 1 fully saturated rings. The zero-order valence-electron chi connectivity index (χ0n) is 8.19. The minimum absolute atomic E-state index is 0.0394. The van der Waals surface area contributed by atoms with Gasteiger partial charge in [-0.1, -0.05) is 0 Å². The molecule has 82 valence electrons. The monoisotopic (exact) mass is 203 g/mol.